The summed E-state index contributed by atoms with van der Waals surface area (Å²) in [5.41, 5.74) is 1.27. The second-order valence-electron chi connectivity index (χ2n) is 4.07. The van der Waals surface area contributed by atoms with Gasteiger partial charge in [0, 0.05) is 16.6 Å². The van der Waals surface area contributed by atoms with Crippen LogP contribution in [0.15, 0.2) is 40.9 Å². The number of hydrogen-bond donors (Lipinski definition) is 1. The second kappa shape index (κ2) is 6.24. The number of hydrogen-bond acceptors (Lipinski definition) is 5. The Labute approximate surface area is 129 Å². The molecule has 0 heterocycles. The largest absolute Gasteiger partial charge is 0.495 e. The molecule has 2 rings (SSSR count). The van der Waals surface area contributed by atoms with E-state index in [4.69, 9.17) is 10.00 Å². The molecule has 0 aromatic heterocycles. The third-order valence-corrected chi connectivity index (χ3v) is 3.25. The van der Waals surface area contributed by atoms with Crippen LogP contribution in [-0.2, 0) is 0 Å². The van der Waals surface area contributed by atoms with Crippen LogP contribution in [0.4, 0.5) is 17.1 Å². The molecular formula is C14H10BrN3O3. The maximum absolute atomic E-state index is 11.1. The highest BCUT2D eigenvalue weighted by Crippen LogP contribution is 2.34. The lowest BCUT2D eigenvalue weighted by Crippen LogP contribution is -1.99. The van der Waals surface area contributed by atoms with Crippen LogP contribution in [-0.4, -0.2) is 12.0 Å². The van der Waals surface area contributed by atoms with Crippen LogP contribution in [0, 0.1) is 21.4 Å². The number of halogens is 1. The molecule has 0 spiro atoms. The predicted molar refractivity (Wildman–Crippen MR) is 81.8 cm³/mol. The van der Waals surface area contributed by atoms with Crippen LogP contribution in [0.3, 0.4) is 0 Å². The molecule has 0 fully saturated rings. The van der Waals surface area contributed by atoms with Crippen molar-refractivity contribution in [1.29, 1.82) is 5.26 Å². The first-order valence-corrected chi connectivity index (χ1v) is 6.63. The zero-order chi connectivity index (χ0) is 15.4. The highest BCUT2D eigenvalue weighted by Gasteiger charge is 2.15. The molecule has 21 heavy (non-hydrogen) atoms. The van der Waals surface area contributed by atoms with Crippen LogP contribution in [0.2, 0.25) is 0 Å². The molecule has 2 aromatic rings. The summed E-state index contributed by atoms with van der Waals surface area (Å²) in [5.74, 6) is 0.436. The summed E-state index contributed by atoms with van der Waals surface area (Å²) in [6.45, 7) is 0. The van der Waals surface area contributed by atoms with Gasteiger partial charge in [-0.2, -0.15) is 5.26 Å². The smallest absolute Gasteiger partial charge is 0.293 e. The number of nitro benzene ring substituents is 1. The van der Waals surface area contributed by atoms with Crippen LogP contribution in [0.5, 0.6) is 5.75 Å². The van der Waals surface area contributed by atoms with E-state index in [1.807, 2.05) is 6.07 Å². The monoisotopic (exact) mass is 347 g/mol. The topological polar surface area (TPSA) is 88.2 Å². The Morgan fingerprint density at radius 1 is 1.29 bits per heavy atom. The molecular weight excluding hydrogens is 338 g/mol. The Bertz CT molecular complexity index is 741. The maximum atomic E-state index is 11.1. The summed E-state index contributed by atoms with van der Waals surface area (Å²) < 4.78 is 5.81. The first kappa shape index (κ1) is 14.8. The first-order chi connectivity index (χ1) is 10.0. The Morgan fingerprint density at radius 2 is 2.00 bits per heavy atom. The molecule has 0 saturated heterocycles. The fourth-order valence-corrected chi connectivity index (χ4v) is 2.12. The van der Waals surface area contributed by atoms with Gasteiger partial charge in [-0.25, -0.2) is 0 Å². The highest BCUT2D eigenvalue weighted by molar-refractivity contribution is 9.10. The van der Waals surface area contributed by atoms with Gasteiger partial charge in [-0.3, -0.25) is 10.1 Å². The molecule has 0 aliphatic heterocycles. The molecule has 0 aliphatic rings. The lowest BCUT2D eigenvalue weighted by atomic mass is 10.2. The molecule has 0 atom stereocenters. The van der Waals surface area contributed by atoms with E-state index in [9.17, 15) is 10.1 Å². The van der Waals surface area contributed by atoms with Gasteiger partial charge in [0.25, 0.3) is 5.69 Å². The van der Waals surface area contributed by atoms with Crippen molar-refractivity contribution in [3.63, 3.8) is 0 Å². The van der Waals surface area contributed by atoms with Crippen molar-refractivity contribution in [2.45, 2.75) is 0 Å². The summed E-state index contributed by atoms with van der Waals surface area (Å²) in [6.07, 6.45) is 0. The van der Waals surface area contributed by atoms with Crippen LogP contribution >= 0.6 is 15.9 Å². The zero-order valence-corrected chi connectivity index (χ0v) is 12.5. The number of anilines is 2. The van der Waals surface area contributed by atoms with Crippen LogP contribution in [0.25, 0.3) is 0 Å². The van der Waals surface area contributed by atoms with Crippen molar-refractivity contribution >= 4 is 33.0 Å². The standard InChI is InChI=1S/C14H10BrN3O3/c1-21-14-6-9(8-16)2-4-12(14)17-11-5-3-10(15)7-13(11)18(19)20/h2-7,17H,1H3. The molecule has 0 saturated carbocycles. The van der Waals surface area contributed by atoms with Crippen LogP contribution < -0.4 is 10.1 Å². The Balaban J connectivity index is 2.43. The SMILES string of the molecule is COc1cc(C#N)ccc1Nc1ccc(Br)cc1[N+](=O)[O-]. The van der Waals surface area contributed by atoms with Gasteiger partial charge in [-0.05, 0) is 24.3 Å². The summed E-state index contributed by atoms with van der Waals surface area (Å²) in [4.78, 5) is 10.6. The average Bonchev–Trinajstić information content (AvgIpc) is 2.49. The van der Waals surface area contributed by atoms with E-state index in [1.165, 1.54) is 13.2 Å². The van der Waals surface area contributed by atoms with E-state index in [1.54, 1.807) is 30.3 Å². The van der Waals surface area contributed by atoms with Gasteiger partial charge in [0.15, 0.2) is 0 Å². The first-order valence-electron chi connectivity index (χ1n) is 5.84. The minimum Gasteiger partial charge on any atom is -0.495 e. The fourth-order valence-electron chi connectivity index (χ4n) is 1.77. The number of ether oxygens (including phenoxy) is 1. The lowest BCUT2D eigenvalue weighted by molar-refractivity contribution is -0.384. The predicted octanol–water partition coefficient (Wildman–Crippen LogP) is 3.98. The molecule has 0 aliphatic carbocycles. The van der Waals surface area contributed by atoms with Gasteiger partial charge < -0.3 is 10.1 Å². The molecule has 106 valence electrons. The average molecular weight is 348 g/mol. The number of benzene rings is 2. The van der Waals surface area contributed by atoms with Crippen LogP contribution in [0.1, 0.15) is 5.56 Å². The highest BCUT2D eigenvalue weighted by atomic mass is 79.9. The quantitative estimate of drug-likeness (QED) is 0.667. The molecule has 0 amide bonds. The van der Waals surface area contributed by atoms with Crippen molar-refractivity contribution in [3.8, 4) is 11.8 Å². The summed E-state index contributed by atoms with van der Waals surface area (Å²) >= 11 is 3.20. The fraction of sp³-hybridized carbons (Fsp3) is 0.0714. The van der Waals surface area contributed by atoms with Gasteiger partial charge in [-0.15, -0.1) is 0 Å². The molecule has 7 heteroatoms. The van der Waals surface area contributed by atoms with E-state index in [-0.39, 0.29) is 5.69 Å². The zero-order valence-electron chi connectivity index (χ0n) is 11.0. The van der Waals surface area contributed by atoms with Crippen molar-refractivity contribution in [1.82, 2.24) is 0 Å². The van der Waals surface area contributed by atoms with Crippen molar-refractivity contribution < 1.29 is 9.66 Å². The van der Waals surface area contributed by atoms with Crippen molar-refractivity contribution in [2.24, 2.45) is 0 Å². The Hall–Kier alpha value is -2.59. The molecule has 0 bridgehead atoms. The third-order valence-electron chi connectivity index (χ3n) is 2.76. The number of nitriles is 1. The summed E-state index contributed by atoms with van der Waals surface area (Å²) in [5, 5.41) is 22.9. The Morgan fingerprint density at radius 3 is 2.62 bits per heavy atom. The number of rotatable bonds is 4. The van der Waals surface area contributed by atoms with E-state index in [0.29, 0.717) is 27.2 Å². The maximum Gasteiger partial charge on any atom is 0.293 e. The third kappa shape index (κ3) is 3.30. The molecule has 2 aromatic carbocycles. The molecule has 0 unspecified atom stereocenters. The number of nitro groups is 1. The van der Waals surface area contributed by atoms with Gasteiger partial charge in [0.2, 0.25) is 0 Å². The number of methoxy groups -OCH3 is 1. The molecule has 1 N–H and O–H groups in total. The van der Waals surface area contributed by atoms with Gasteiger partial charge in [0.1, 0.15) is 11.4 Å². The van der Waals surface area contributed by atoms with Crippen molar-refractivity contribution in [2.75, 3.05) is 12.4 Å². The minimum atomic E-state index is -0.469. The van der Waals surface area contributed by atoms with Crippen molar-refractivity contribution in [3.05, 3.63) is 56.5 Å². The minimum absolute atomic E-state index is 0.0595. The second-order valence-corrected chi connectivity index (χ2v) is 4.99. The Kier molecular flexibility index (Phi) is 4.40. The molecule has 0 radical (unpaired) electrons. The van der Waals surface area contributed by atoms with Gasteiger partial charge >= 0.3 is 0 Å². The number of nitrogens with one attached hydrogen (secondary N) is 1. The number of nitrogens with zero attached hydrogens (tertiary/aromatic N) is 2. The lowest BCUT2D eigenvalue weighted by Gasteiger charge is -2.11. The van der Waals surface area contributed by atoms with E-state index in [0.717, 1.165) is 0 Å². The van der Waals surface area contributed by atoms with Gasteiger partial charge in [-0.1, -0.05) is 15.9 Å². The van der Waals surface area contributed by atoms with Gasteiger partial charge in [0.05, 0.1) is 29.4 Å². The van der Waals surface area contributed by atoms with E-state index in [2.05, 4.69) is 21.2 Å². The normalized spacial score (nSPS) is 9.76. The molecule has 6 nitrogen and oxygen atoms in total. The summed E-state index contributed by atoms with van der Waals surface area (Å²) in [6, 6.07) is 11.5. The summed E-state index contributed by atoms with van der Waals surface area (Å²) in [7, 11) is 1.47. The van der Waals surface area contributed by atoms with E-state index >= 15 is 0 Å². The van der Waals surface area contributed by atoms with E-state index < -0.39 is 4.92 Å².